The molecule has 1 unspecified atom stereocenters. The molecule has 6 heteroatoms. The highest BCUT2D eigenvalue weighted by Crippen LogP contribution is 2.16. The second-order valence-corrected chi connectivity index (χ2v) is 4.33. The summed E-state index contributed by atoms with van der Waals surface area (Å²) in [6, 6.07) is 5.87. The molecular weight excluding hydrogens is 234 g/mol. The highest BCUT2D eigenvalue weighted by molar-refractivity contribution is 5.76. The minimum absolute atomic E-state index is 0.313. The molecule has 1 saturated heterocycles. The largest absolute Gasteiger partial charge is 0.417 e. The molecule has 0 bridgehead atoms. The monoisotopic (exact) mass is 249 g/mol. The molecule has 0 spiro atoms. The highest BCUT2D eigenvalue weighted by atomic mass is 16.5. The Morgan fingerprint density at radius 1 is 1.44 bits per heavy atom. The lowest BCUT2D eigenvalue weighted by atomic mass is 10.2. The Hall–Kier alpha value is -1.79. The Morgan fingerprint density at radius 3 is 3.22 bits per heavy atom. The van der Waals surface area contributed by atoms with Crippen LogP contribution in [0.2, 0.25) is 0 Å². The number of H-pyrrole nitrogens is 1. The third kappa shape index (κ3) is 2.39. The van der Waals surface area contributed by atoms with Crippen LogP contribution in [-0.2, 0) is 4.74 Å². The van der Waals surface area contributed by atoms with E-state index in [1.54, 1.807) is 0 Å². The molecule has 3 N–H and O–H groups in total. The minimum atomic E-state index is -0.426. The zero-order chi connectivity index (χ0) is 12.4. The normalized spacial score (nSPS) is 20.1. The molecule has 0 amide bonds. The lowest BCUT2D eigenvalue weighted by Gasteiger charge is -2.24. The van der Waals surface area contributed by atoms with Gasteiger partial charge in [-0.25, -0.2) is 4.79 Å². The number of morpholine rings is 1. The van der Waals surface area contributed by atoms with Crippen molar-refractivity contribution in [3.8, 4) is 0 Å². The summed E-state index contributed by atoms with van der Waals surface area (Å²) in [5.74, 6) is -0.426. The van der Waals surface area contributed by atoms with Gasteiger partial charge in [-0.1, -0.05) is 0 Å². The van der Waals surface area contributed by atoms with Crippen molar-refractivity contribution in [1.82, 2.24) is 10.3 Å². The molecule has 1 fully saturated rings. The maximum Gasteiger partial charge on any atom is 0.417 e. The van der Waals surface area contributed by atoms with Gasteiger partial charge in [-0.3, -0.25) is 4.98 Å². The smallest absolute Gasteiger partial charge is 0.408 e. The zero-order valence-corrected chi connectivity index (χ0v) is 9.86. The molecule has 2 aromatic rings. The maximum atomic E-state index is 11.0. The number of rotatable bonds is 3. The minimum Gasteiger partial charge on any atom is -0.408 e. The Labute approximate surface area is 103 Å². The fourth-order valence-corrected chi connectivity index (χ4v) is 2.05. The third-order valence-electron chi connectivity index (χ3n) is 2.97. The standard InChI is InChI=1S/C12H15N3O3/c16-12-15-10-2-1-8(5-11(10)18-12)14-6-9-7-17-4-3-13-9/h1-2,5,9,13-14H,3-4,6-7H2,(H,15,16). The van der Waals surface area contributed by atoms with E-state index in [0.29, 0.717) is 23.7 Å². The van der Waals surface area contributed by atoms with Crippen LogP contribution in [-0.4, -0.2) is 37.3 Å². The van der Waals surface area contributed by atoms with Gasteiger partial charge in [0.15, 0.2) is 5.58 Å². The van der Waals surface area contributed by atoms with Crippen LogP contribution in [0.4, 0.5) is 5.69 Å². The number of hydrogen-bond acceptors (Lipinski definition) is 5. The molecule has 96 valence electrons. The quantitative estimate of drug-likeness (QED) is 0.739. The van der Waals surface area contributed by atoms with Crippen LogP contribution in [0.25, 0.3) is 11.1 Å². The second kappa shape index (κ2) is 4.83. The first-order chi connectivity index (χ1) is 8.81. The third-order valence-corrected chi connectivity index (χ3v) is 2.97. The van der Waals surface area contributed by atoms with Gasteiger partial charge in [0.25, 0.3) is 0 Å². The molecule has 0 saturated carbocycles. The van der Waals surface area contributed by atoms with Gasteiger partial charge in [-0.05, 0) is 12.1 Å². The first kappa shape index (κ1) is 11.3. The molecule has 1 aliphatic rings. The number of aromatic nitrogens is 1. The number of oxazole rings is 1. The number of benzene rings is 1. The molecule has 3 rings (SSSR count). The Kier molecular flexibility index (Phi) is 3.04. The summed E-state index contributed by atoms with van der Waals surface area (Å²) in [7, 11) is 0. The van der Waals surface area contributed by atoms with Gasteiger partial charge in [0, 0.05) is 30.9 Å². The molecule has 1 atom stereocenters. The summed E-state index contributed by atoms with van der Waals surface area (Å²) < 4.78 is 10.4. The topological polar surface area (TPSA) is 79.3 Å². The van der Waals surface area contributed by atoms with E-state index in [1.807, 2.05) is 18.2 Å². The lowest BCUT2D eigenvalue weighted by Crippen LogP contribution is -2.45. The van der Waals surface area contributed by atoms with Crippen molar-refractivity contribution in [3.63, 3.8) is 0 Å². The van der Waals surface area contributed by atoms with Crippen molar-refractivity contribution < 1.29 is 9.15 Å². The van der Waals surface area contributed by atoms with E-state index in [-0.39, 0.29) is 0 Å². The Morgan fingerprint density at radius 2 is 2.39 bits per heavy atom. The molecule has 18 heavy (non-hydrogen) atoms. The summed E-state index contributed by atoms with van der Waals surface area (Å²) in [6.07, 6.45) is 0. The van der Waals surface area contributed by atoms with Crippen LogP contribution >= 0.6 is 0 Å². The van der Waals surface area contributed by atoms with Crippen LogP contribution in [0.1, 0.15) is 0 Å². The number of nitrogens with one attached hydrogen (secondary N) is 3. The van der Waals surface area contributed by atoms with Crippen LogP contribution in [0, 0.1) is 0 Å². The lowest BCUT2D eigenvalue weighted by molar-refractivity contribution is 0.0806. The molecule has 1 aromatic carbocycles. The molecule has 0 radical (unpaired) electrons. The van der Waals surface area contributed by atoms with Gasteiger partial charge in [0.1, 0.15) is 0 Å². The molecule has 1 aromatic heterocycles. The summed E-state index contributed by atoms with van der Waals surface area (Å²) in [5, 5.41) is 6.66. The summed E-state index contributed by atoms with van der Waals surface area (Å²) >= 11 is 0. The fourth-order valence-electron chi connectivity index (χ4n) is 2.05. The predicted molar refractivity (Wildman–Crippen MR) is 67.9 cm³/mol. The van der Waals surface area contributed by atoms with E-state index in [9.17, 15) is 4.79 Å². The van der Waals surface area contributed by atoms with Gasteiger partial charge >= 0.3 is 5.76 Å². The molecule has 6 nitrogen and oxygen atoms in total. The van der Waals surface area contributed by atoms with Crippen LogP contribution < -0.4 is 16.4 Å². The van der Waals surface area contributed by atoms with Crippen molar-refractivity contribution in [1.29, 1.82) is 0 Å². The van der Waals surface area contributed by atoms with Crippen molar-refractivity contribution >= 4 is 16.8 Å². The van der Waals surface area contributed by atoms with Crippen LogP contribution in [0.3, 0.4) is 0 Å². The van der Waals surface area contributed by atoms with E-state index in [1.165, 1.54) is 0 Å². The van der Waals surface area contributed by atoms with Gasteiger partial charge in [0.05, 0.1) is 18.7 Å². The first-order valence-corrected chi connectivity index (χ1v) is 5.99. The zero-order valence-electron chi connectivity index (χ0n) is 9.86. The second-order valence-electron chi connectivity index (χ2n) is 4.33. The van der Waals surface area contributed by atoms with Crippen molar-refractivity contribution in [2.75, 3.05) is 31.6 Å². The summed E-state index contributed by atoms with van der Waals surface area (Å²) in [6.45, 7) is 3.16. The van der Waals surface area contributed by atoms with Crippen LogP contribution in [0.5, 0.6) is 0 Å². The number of aromatic amines is 1. The van der Waals surface area contributed by atoms with Gasteiger partial charge in [-0.2, -0.15) is 0 Å². The molecule has 1 aliphatic heterocycles. The SMILES string of the molecule is O=c1[nH]c2ccc(NCC3COCCN3)cc2o1. The summed E-state index contributed by atoms with van der Waals surface area (Å²) in [5.41, 5.74) is 2.21. The highest BCUT2D eigenvalue weighted by Gasteiger charge is 2.12. The molecular formula is C12H15N3O3. The number of hydrogen-bond donors (Lipinski definition) is 3. The van der Waals surface area contributed by atoms with E-state index in [0.717, 1.165) is 25.4 Å². The number of ether oxygens (including phenoxy) is 1. The Bertz CT molecular complexity index is 584. The van der Waals surface area contributed by atoms with E-state index in [4.69, 9.17) is 9.15 Å². The van der Waals surface area contributed by atoms with Crippen LogP contribution in [0.15, 0.2) is 27.4 Å². The number of anilines is 1. The summed E-state index contributed by atoms with van der Waals surface area (Å²) in [4.78, 5) is 13.6. The fraction of sp³-hybridized carbons (Fsp3) is 0.417. The van der Waals surface area contributed by atoms with E-state index >= 15 is 0 Å². The van der Waals surface area contributed by atoms with E-state index in [2.05, 4.69) is 15.6 Å². The predicted octanol–water partition coefficient (Wildman–Crippen LogP) is 0.521. The van der Waals surface area contributed by atoms with Crippen molar-refractivity contribution in [3.05, 3.63) is 28.7 Å². The van der Waals surface area contributed by atoms with Gasteiger partial charge < -0.3 is 19.8 Å². The molecule has 2 heterocycles. The average Bonchev–Trinajstić information content (AvgIpc) is 2.77. The van der Waals surface area contributed by atoms with E-state index < -0.39 is 5.76 Å². The molecule has 0 aliphatic carbocycles. The first-order valence-electron chi connectivity index (χ1n) is 5.99. The van der Waals surface area contributed by atoms with Gasteiger partial charge in [-0.15, -0.1) is 0 Å². The average molecular weight is 249 g/mol. The number of fused-ring (bicyclic) bond motifs is 1. The van der Waals surface area contributed by atoms with Crippen molar-refractivity contribution in [2.45, 2.75) is 6.04 Å². The Balaban J connectivity index is 1.68. The van der Waals surface area contributed by atoms with Gasteiger partial charge in [0.2, 0.25) is 0 Å². The maximum absolute atomic E-state index is 11.0. The van der Waals surface area contributed by atoms with Crippen molar-refractivity contribution in [2.24, 2.45) is 0 Å².